The second-order valence-electron chi connectivity index (χ2n) is 5.78. The minimum Gasteiger partial charge on any atom is -0.349 e. The molecule has 3 nitrogen and oxygen atoms in total. The van der Waals surface area contributed by atoms with Crippen molar-refractivity contribution in [3.05, 3.63) is 19.2 Å². The lowest BCUT2D eigenvalue weighted by Gasteiger charge is -2.41. The zero-order valence-electron chi connectivity index (χ0n) is 11.8. The molecule has 1 fully saturated rings. The molecular weight excluding hydrogens is 404 g/mol. The fourth-order valence-corrected chi connectivity index (χ4v) is 4.41. The van der Waals surface area contributed by atoms with E-state index in [1.54, 1.807) is 0 Å². The predicted molar refractivity (Wildman–Crippen MR) is 91.6 cm³/mol. The smallest absolute Gasteiger partial charge is 0.261 e. The van der Waals surface area contributed by atoms with Crippen LogP contribution in [0.5, 0.6) is 0 Å². The van der Waals surface area contributed by atoms with Crippen LogP contribution >= 0.6 is 43.2 Å². The molecule has 1 N–H and O–H groups in total. The number of rotatable bonds is 4. The van der Waals surface area contributed by atoms with Gasteiger partial charge in [0.2, 0.25) is 0 Å². The normalized spacial score (nSPS) is 17.2. The third-order valence-electron chi connectivity index (χ3n) is 3.76. The Morgan fingerprint density at radius 1 is 1.35 bits per heavy atom. The van der Waals surface area contributed by atoms with E-state index in [1.807, 2.05) is 6.07 Å². The first kappa shape index (κ1) is 16.5. The minimum absolute atomic E-state index is 0.00600. The van der Waals surface area contributed by atoms with Crippen LogP contribution in [0, 0.1) is 0 Å². The Morgan fingerprint density at radius 3 is 2.55 bits per heavy atom. The molecule has 0 saturated carbocycles. The molecule has 0 unspecified atom stereocenters. The molecule has 1 saturated heterocycles. The Bertz CT molecular complexity index is 462. The Kier molecular flexibility index (Phi) is 5.68. The summed E-state index contributed by atoms with van der Waals surface area (Å²) in [6, 6.07) is 1.86. The first-order valence-electron chi connectivity index (χ1n) is 6.88. The highest BCUT2D eigenvalue weighted by Crippen LogP contribution is 2.32. The maximum atomic E-state index is 12.2. The van der Waals surface area contributed by atoms with Gasteiger partial charge in [-0.15, -0.1) is 11.3 Å². The zero-order valence-corrected chi connectivity index (χ0v) is 15.8. The van der Waals surface area contributed by atoms with Crippen LogP contribution in [0.15, 0.2) is 14.3 Å². The number of nitrogens with zero attached hydrogens (tertiary/aromatic N) is 1. The molecule has 1 aromatic rings. The highest BCUT2D eigenvalue weighted by molar-refractivity contribution is 9.13. The van der Waals surface area contributed by atoms with Gasteiger partial charge in [-0.2, -0.15) is 0 Å². The van der Waals surface area contributed by atoms with Gasteiger partial charge in [0.05, 0.1) is 8.66 Å². The van der Waals surface area contributed by atoms with E-state index in [4.69, 9.17) is 0 Å². The van der Waals surface area contributed by atoms with Gasteiger partial charge < -0.3 is 5.32 Å². The number of hydrogen-bond acceptors (Lipinski definition) is 3. The maximum absolute atomic E-state index is 12.2. The van der Waals surface area contributed by atoms with Gasteiger partial charge in [0, 0.05) is 16.6 Å². The van der Waals surface area contributed by atoms with E-state index < -0.39 is 0 Å². The van der Waals surface area contributed by atoms with E-state index in [0.29, 0.717) is 6.54 Å². The van der Waals surface area contributed by atoms with Gasteiger partial charge >= 0.3 is 0 Å². The molecule has 0 radical (unpaired) electrons. The third kappa shape index (κ3) is 4.06. The lowest BCUT2D eigenvalue weighted by Crippen LogP contribution is -2.53. The summed E-state index contributed by atoms with van der Waals surface area (Å²) in [6.07, 6.45) is 3.86. The summed E-state index contributed by atoms with van der Waals surface area (Å²) in [7, 11) is 0. The number of piperidine rings is 1. The predicted octanol–water partition coefficient (Wildman–Crippen LogP) is 4.27. The van der Waals surface area contributed by atoms with Gasteiger partial charge in [-0.05, 0) is 77.7 Å². The highest BCUT2D eigenvalue weighted by atomic mass is 79.9. The molecule has 6 heteroatoms. The van der Waals surface area contributed by atoms with Crippen molar-refractivity contribution in [2.45, 2.75) is 38.6 Å². The van der Waals surface area contributed by atoms with Gasteiger partial charge in [-0.25, -0.2) is 0 Å². The standard InChI is InChI=1S/C14H20Br2N2OS/c1-14(2,18-6-4-3-5-7-18)9-17-13(19)11-8-10(15)12(16)20-11/h8H,3-7,9H2,1-2H3,(H,17,19). The number of likely N-dealkylation sites (tertiary alicyclic amines) is 1. The molecule has 0 aromatic carbocycles. The first-order chi connectivity index (χ1) is 9.40. The molecule has 1 aliphatic heterocycles. The SMILES string of the molecule is CC(C)(CNC(=O)c1cc(Br)c(Br)s1)N1CCCCC1. The zero-order chi connectivity index (χ0) is 14.8. The molecular formula is C14H20Br2N2OS. The Hall–Kier alpha value is 0.0900. The quantitative estimate of drug-likeness (QED) is 0.784. The molecule has 1 aromatic heterocycles. The Balaban J connectivity index is 1.91. The average Bonchev–Trinajstić information content (AvgIpc) is 2.77. The Labute approximate surface area is 141 Å². The summed E-state index contributed by atoms with van der Waals surface area (Å²) in [5.41, 5.74) is 0.0157. The molecule has 1 aliphatic rings. The summed E-state index contributed by atoms with van der Waals surface area (Å²) >= 11 is 8.29. The molecule has 20 heavy (non-hydrogen) atoms. The van der Waals surface area contributed by atoms with Crippen molar-refractivity contribution in [3.63, 3.8) is 0 Å². The van der Waals surface area contributed by atoms with E-state index in [-0.39, 0.29) is 11.4 Å². The number of thiophene rings is 1. The van der Waals surface area contributed by atoms with Crippen LogP contribution in [0.1, 0.15) is 42.8 Å². The number of amides is 1. The van der Waals surface area contributed by atoms with Gasteiger partial charge in [-0.1, -0.05) is 6.42 Å². The topological polar surface area (TPSA) is 32.3 Å². The molecule has 112 valence electrons. The van der Waals surface area contributed by atoms with Gasteiger partial charge in [0.15, 0.2) is 0 Å². The summed E-state index contributed by atoms with van der Waals surface area (Å²) < 4.78 is 1.89. The summed E-state index contributed by atoms with van der Waals surface area (Å²) in [4.78, 5) is 15.4. The number of carbonyl (C=O) groups excluding carboxylic acids is 1. The molecule has 0 spiro atoms. The lowest BCUT2D eigenvalue weighted by molar-refractivity contribution is 0.0800. The second-order valence-corrected chi connectivity index (χ2v) is 9.00. The highest BCUT2D eigenvalue weighted by Gasteiger charge is 2.28. The van der Waals surface area contributed by atoms with Crippen molar-refractivity contribution in [1.29, 1.82) is 0 Å². The molecule has 0 aliphatic carbocycles. The summed E-state index contributed by atoms with van der Waals surface area (Å²) in [5.74, 6) is 0.00600. The number of halogens is 2. The van der Waals surface area contributed by atoms with Crippen LogP contribution in [0.25, 0.3) is 0 Å². The van der Waals surface area contributed by atoms with Gasteiger partial charge in [0.25, 0.3) is 5.91 Å². The van der Waals surface area contributed by atoms with Crippen molar-refractivity contribution in [2.24, 2.45) is 0 Å². The van der Waals surface area contributed by atoms with E-state index in [0.717, 1.165) is 26.2 Å². The first-order valence-corrected chi connectivity index (χ1v) is 9.28. The van der Waals surface area contributed by atoms with Crippen molar-refractivity contribution >= 4 is 49.1 Å². The van der Waals surface area contributed by atoms with Crippen LogP contribution in [-0.2, 0) is 0 Å². The molecule has 2 heterocycles. The van der Waals surface area contributed by atoms with Crippen molar-refractivity contribution in [1.82, 2.24) is 10.2 Å². The fourth-order valence-electron chi connectivity index (χ4n) is 2.45. The van der Waals surface area contributed by atoms with Crippen LogP contribution in [0.3, 0.4) is 0 Å². The van der Waals surface area contributed by atoms with Gasteiger partial charge in [0.1, 0.15) is 0 Å². The summed E-state index contributed by atoms with van der Waals surface area (Å²) in [5, 5.41) is 3.07. The third-order valence-corrected chi connectivity index (χ3v) is 7.02. The van der Waals surface area contributed by atoms with Crippen LogP contribution in [-0.4, -0.2) is 36.0 Å². The minimum atomic E-state index is 0.00600. The lowest BCUT2D eigenvalue weighted by atomic mass is 9.98. The van der Waals surface area contributed by atoms with Crippen molar-refractivity contribution < 1.29 is 4.79 Å². The summed E-state index contributed by atoms with van der Waals surface area (Å²) in [6.45, 7) is 7.37. The van der Waals surface area contributed by atoms with Crippen LogP contribution < -0.4 is 5.32 Å². The molecule has 0 atom stereocenters. The molecule has 2 rings (SSSR count). The fraction of sp³-hybridized carbons (Fsp3) is 0.643. The maximum Gasteiger partial charge on any atom is 0.261 e. The van der Waals surface area contributed by atoms with Crippen LogP contribution in [0.2, 0.25) is 0 Å². The largest absolute Gasteiger partial charge is 0.349 e. The van der Waals surface area contributed by atoms with E-state index in [9.17, 15) is 4.79 Å². The monoisotopic (exact) mass is 422 g/mol. The Morgan fingerprint density at radius 2 is 2.00 bits per heavy atom. The van der Waals surface area contributed by atoms with E-state index >= 15 is 0 Å². The van der Waals surface area contributed by atoms with Crippen molar-refractivity contribution in [2.75, 3.05) is 19.6 Å². The number of hydrogen-bond donors (Lipinski definition) is 1. The van der Waals surface area contributed by atoms with E-state index in [1.165, 1.54) is 30.6 Å². The molecule has 0 bridgehead atoms. The van der Waals surface area contributed by atoms with E-state index in [2.05, 4.69) is 55.9 Å². The number of nitrogens with one attached hydrogen (secondary N) is 1. The van der Waals surface area contributed by atoms with Crippen molar-refractivity contribution in [3.8, 4) is 0 Å². The van der Waals surface area contributed by atoms with Gasteiger partial charge in [-0.3, -0.25) is 9.69 Å². The average molecular weight is 424 g/mol. The molecule has 1 amide bonds. The second kappa shape index (κ2) is 6.90. The number of carbonyl (C=O) groups is 1. The van der Waals surface area contributed by atoms with Crippen LogP contribution in [0.4, 0.5) is 0 Å².